The summed E-state index contributed by atoms with van der Waals surface area (Å²) in [5.74, 6) is 0. The Kier molecular flexibility index (Phi) is 4.25. The van der Waals surface area contributed by atoms with E-state index in [9.17, 15) is 8.42 Å². The summed E-state index contributed by atoms with van der Waals surface area (Å²) in [5.41, 5.74) is 3.69. The first-order chi connectivity index (χ1) is 14.6. The van der Waals surface area contributed by atoms with Crippen LogP contribution in [0.5, 0.6) is 0 Å². The molecule has 3 aromatic carbocycles. The van der Waals surface area contributed by atoms with Crippen molar-refractivity contribution in [3.8, 4) is 16.9 Å². The van der Waals surface area contributed by atoms with Gasteiger partial charge in [0.15, 0.2) is 0 Å². The van der Waals surface area contributed by atoms with Crippen LogP contribution in [0.4, 0.5) is 0 Å². The summed E-state index contributed by atoms with van der Waals surface area (Å²) in [6.07, 6.45) is 3.33. The van der Waals surface area contributed by atoms with Crippen molar-refractivity contribution < 1.29 is 8.42 Å². The number of aryl methyl sites for hydroxylation is 1. The van der Waals surface area contributed by atoms with E-state index in [1.807, 2.05) is 73.7 Å². The molecule has 7 heteroatoms. The molecule has 5 aromatic rings. The molecule has 0 saturated heterocycles. The monoisotopic (exact) mass is 414 g/mol. The van der Waals surface area contributed by atoms with E-state index in [0.717, 1.165) is 22.2 Å². The summed E-state index contributed by atoms with van der Waals surface area (Å²) in [7, 11) is -3.83. The minimum atomic E-state index is -3.83. The Morgan fingerprint density at radius 2 is 1.60 bits per heavy atom. The highest BCUT2D eigenvalue weighted by molar-refractivity contribution is 7.90. The van der Waals surface area contributed by atoms with Gasteiger partial charge < -0.3 is 0 Å². The van der Waals surface area contributed by atoms with Gasteiger partial charge >= 0.3 is 0 Å². The number of aromatic nitrogens is 4. The highest BCUT2D eigenvalue weighted by Crippen LogP contribution is 2.35. The van der Waals surface area contributed by atoms with Crippen LogP contribution in [0.15, 0.2) is 96.2 Å². The maximum absolute atomic E-state index is 13.7. The van der Waals surface area contributed by atoms with Gasteiger partial charge in [-0.25, -0.2) is 17.1 Å². The lowest BCUT2D eigenvalue weighted by Crippen LogP contribution is -2.14. The molecule has 0 saturated carbocycles. The van der Waals surface area contributed by atoms with E-state index < -0.39 is 10.0 Å². The molecule has 5 rings (SSSR count). The predicted octanol–water partition coefficient (Wildman–Crippen LogP) is 4.43. The minimum absolute atomic E-state index is 0.244. The Bertz CT molecular complexity index is 1450. The van der Waals surface area contributed by atoms with Gasteiger partial charge in [-0.15, -0.1) is 5.10 Å². The second kappa shape index (κ2) is 6.96. The SMILES string of the molecule is Cc1ccc(S(=O)(=O)n2c(-c3ccccc3-n3ccnn3)cc3ccccc32)cc1. The Labute approximate surface area is 174 Å². The van der Waals surface area contributed by atoms with Crippen LogP contribution in [0.1, 0.15) is 5.56 Å². The molecule has 2 heterocycles. The van der Waals surface area contributed by atoms with Gasteiger partial charge in [-0.2, -0.15) is 0 Å². The molecule has 0 atom stereocenters. The molecule has 0 aliphatic rings. The molecule has 0 radical (unpaired) electrons. The molecule has 2 aromatic heterocycles. The third-order valence-electron chi connectivity index (χ3n) is 5.08. The molecule has 6 nitrogen and oxygen atoms in total. The molecular weight excluding hydrogens is 396 g/mol. The third kappa shape index (κ3) is 2.91. The zero-order valence-corrected chi connectivity index (χ0v) is 17.0. The molecule has 0 fully saturated rings. The summed E-state index contributed by atoms with van der Waals surface area (Å²) in [4.78, 5) is 0.244. The number of hydrogen-bond donors (Lipinski definition) is 0. The second-order valence-electron chi connectivity index (χ2n) is 7.04. The van der Waals surface area contributed by atoms with Crippen LogP contribution >= 0.6 is 0 Å². The molecule has 148 valence electrons. The lowest BCUT2D eigenvalue weighted by atomic mass is 10.1. The van der Waals surface area contributed by atoms with Gasteiger partial charge in [-0.1, -0.05) is 59.3 Å². The number of fused-ring (bicyclic) bond motifs is 1. The van der Waals surface area contributed by atoms with Crippen molar-refractivity contribution in [1.29, 1.82) is 0 Å². The van der Waals surface area contributed by atoms with E-state index in [4.69, 9.17) is 0 Å². The van der Waals surface area contributed by atoms with E-state index in [2.05, 4.69) is 10.3 Å². The zero-order chi connectivity index (χ0) is 20.7. The molecule has 30 heavy (non-hydrogen) atoms. The Hall–Kier alpha value is -3.71. The predicted molar refractivity (Wildman–Crippen MR) is 116 cm³/mol. The maximum Gasteiger partial charge on any atom is 0.268 e. The number of rotatable bonds is 4. The third-order valence-corrected chi connectivity index (χ3v) is 6.82. The van der Waals surface area contributed by atoms with Crippen LogP contribution in [-0.4, -0.2) is 27.4 Å². The second-order valence-corrected chi connectivity index (χ2v) is 8.82. The van der Waals surface area contributed by atoms with Crippen LogP contribution in [0.25, 0.3) is 27.8 Å². The fraction of sp³-hybridized carbons (Fsp3) is 0.0435. The normalized spacial score (nSPS) is 11.8. The molecular formula is C23H18N4O2S. The lowest BCUT2D eigenvalue weighted by molar-refractivity contribution is 0.589. The van der Waals surface area contributed by atoms with Crippen LogP contribution < -0.4 is 0 Å². The van der Waals surface area contributed by atoms with Gasteiger partial charge in [0, 0.05) is 10.9 Å². The van der Waals surface area contributed by atoms with Crippen molar-refractivity contribution in [1.82, 2.24) is 19.0 Å². The smallest absolute Gasteiger partial charge is 0.233 e. The van der Waals surface area contributed by atoms with Crippen LogP contribution in [-0.2, 0) is 10.0 Å². The van der Waals surface area contributed by atoms with Crippen molar-refractivity contribution in [2.24, 2.45) is 0 Å². The highest BCUT2D eigenvalue weighted by Gasteiger charge is 2.25. The van der Waals surface area contributed by atoms with E-state index in [0.29, 0.717) is 11.2 Å². The molecule has 0 aliphatic carbocycles. The largest absolute Gasteiger partial charge is 0.268 e. The topological polar surface area (TPSA) is 69.8 Å². The average molecular weight is 414 g/mol. The summed E-state index contributed by atoms with van der Waals surface area (Å²) >= 11 is 0. The van der Waals surface area contributed by atoms with E-state index in [1.54, 1.807) is 29.2 Å². The van der Waals surface area contributed by atoms with Gasteiger partial charge in [0.2, 0.25) is 0 Å². The van der Waals surface area contributed by atoms with Crippen molar-refractivity contribution in [3.05, 3.63) is 96.8 Å². The zero-order valence-electron chi connectivity index (χ0n) is 16.2. The first-order valence-corrected chi connectivity index (χ1v) is 10.9. The van der Waals surface area contributed by atoms with E-state index in [-0.39, 0.29) is 4.90 Å². The standard InChI is InChI=1S/C23H18N4O2S/c1-17-10-12-19(13-11-17)30(28,29)27-21-8-4-2-6-18(21)16-23(27)20-7-3-5-9-22(20)26-15-14-24-25-26/h2-16H,1H3. The lowest BCUT2D eigenvalue weighted by Gasteiger charge is -2.15. The maximum atomic E-state index is 13.7. The van der Waals surface area contributed by atoms with Crippen LogP contribution in [0.2, 0.25) is 0 Å². The van der Waals surface area contributed by atoms with Crippen LogP contribution in [0, 0.1) is 6.92 Å². The average Bonchev–Trinajstić information content (AvgIpc) is 3.42. The number of para-hydroxylation sites is 2. The summed E-state index contributed by atoms with van der Waals surface area (Å²) < 4.78 is 30.5. The fourth-order valence-corrected chi connectivity index (χ4v) is 5.14. The first kappa shape index (κ1) is 18.3. The van der Waals surface area contributed by atoms with Gasteiger partial charge in [-0.3, -0.25) is 0 Å². The quantitative estimate of drug-likeness (QED) is 0.436. The van der Waals surface area contributed by atoms with Gasteiger partial charge in [0.25, 0.3) is 10.0 Å². The molecule has 0 N–H and O–H groups in total. The van der Waals surface area contributed by atoms with Crippen molar-refractivity contribution >= 4 is 20.9 Å². The van der Waals surface area contributed by atoms with E-state index >= 15 is 0 Å². The number of hydrogen-bond acceptors (Lipinski definition) is 4. The molecule has 0 aliphatic heterocycles. The van der Waals surface area contributed by atoms with Crippen molar-refractivity contribution in [3.63, 3.8) is 0 Å². The molecule has 0 unspecified atom stereocenters. The van der Waals surface area contributed by atoms with Crippen molar-refractivity contribution in [2.45, 2.75) is 11.8 Å². The van der Waals surface area contributed by atoms with Crippen LogP contribution in [0.3, 0.4) is 0 Å². The summed E-state index contributed by atoms with van der Waals surface area (Å²) in [6, 6.07) is 23.9. The van der Waals surface area contributed by atoms with Gasteiger partial charge in [0.1, 0.15) is 0 Å². The molecule has 0 bridgehead atoms. The number of benzene rings is 3. The Morgan fingerprint density at radius 1 is 0.867 bits per heavy atom. The first-order valence-electron chi connectivity index (χ1n) is 9.44. The van der Waals surface area contributed by atoms with E-state index in [1.165, 1.54) is 3.97 Å². The minimum Gasteiger partial charge on any atom is -0.233 e. The molecule has 0 spiro atoms. The Morgan fingerprint density at radius 3 is 2.37 bits per heavy atom. The highest BCUT2D eigenvalue weighted by atomic mass is 32.2. The van der Waals surface area contributed by atoms with Crippen molar-refractivity contribution in [2.75, 3.05) is 0 Å². The number of nitrogens with zero attached hydrogens (tertiary/aromatic N) is 4. The molecule has 0 amide bonds. The van der Waals surface area contributed by atoms with Gasteiger partial charge in [-0.05, 0) is 37.3 Å². The fourth-order valence-electron chi connectivity index (χ4n) is 3.62. The summed E-state index contributed by atoms with van der Waals surface area (Å²) in [5, 5.41) is 8.83. The summed E-state index contributed by atoms with van der Waals surface area (Å²) in [6.45, 7) is 1.93. The van der Waals surface area contributed by atoms with Gasteiger partial charge in [0.05, 0.1) is 34.2 Å². The Balaban J connectivity index is 1.83.